The van der Waals surface area contributed by atoms with Crippen molar-refractivity contribution in [2.24, 2.45) is 5.10 Å². The normalized spacial score (nSPS) is 11.5. The van der Waals surface area contributed by atoms with Crippen LogP contribution < -0.4 is 15.5 Å². The Morgan fingerprint density at radius 1 is 0.857 bits per heavy atom. The van der Waals surface area contributed by atoms with Crippen LogP contribution in [0, 0.1) is 6.92 Å². The Balaban J connectivity index is 1.65. The number of ether oxygens (including phenoxy) is 1. The van der Waals surface area contributed by atoms with E-state index in [1.807, 2.05) is 6.92 Å². The molecule has 0 bridgehead atoms. The molecular weight excluding hydrogens is 463 g/mol. The van der Waals surface area contributed by atoms with Crippen LogP contribution in [0.3, 0.4) is 0 Å². The fraction of sp³-hybridized carbons (Fsp3) is 0.120. The minimum atomic E-state index is -4.52. The SMILES string of the molecule is CC(=NNC(=O)C(=O)Nc1ccc(C(F)(F)F)cc1)c1ccccc1OC(=O)c1ccc(C)cc1. The number of anilines is 1. The maximum absolute atomic E-state index is 12.6. The van der Waals surface area contributed by atoms with Crippen LogP contribution in [0.2, 0.25) is 0 Å². The van der Waals surface area contributed by atoms with Crippen LogP contribution in [-0.2, 0) is 15.8 Å². The number of para-hydroxylation sites is 1. The molecule has 7 nitrogen and oxygen atoms in total. The summed E-state index contributed by atoms with van der Waals surface area (Å²) in [7, 11) is 0. The summed E-state index contributed by atoms with van der Waals surface area (Å²) in [5.41, 5.74) is 3.18. The first-order chi connectivity index (χ1) is 16.5. The molecule has 0 radical (unpaired) electrons. The van der Waals surface area contributed by atoms with E-state index in [4.69, 9.17) is 4.74 Å². The molecule has 0 spiro atoms. The van der Waals surface area contributed by atoms with Gasteiger partial charge >= 0.3 is 24.0 Å². The Bertz CT molecular complexity index is 1270. The number of halogens is 3. The summed E-state index contributed by atoms with van der Waals surface area (Å²) in [6.07, 6.45) is -4.52. The van der Waals surface area contributed by atoms with Crippen molar-refractivity contribution in [2.75, 3.05) is 5.32 Å². The summed E-state index contributed by atoms with van der Waals surface area (Å²) in [5, 5.41) is 6.06. The lowest BCUT2D eigenvalue weighted by atomic mass is 10.1. The van der Waals surface area contributed by atoms with Gasteiger partial charge in [-0.05, 0) is 62.4 Å². The highest BCUT2D eigenvalue weighted by Gasteiger charge is 2.30. The van der Waals surface area contributed by atoms with E-state index in [1.54, 1.807) is 48.5 Å². The standard InChI is InChI=1S/C25H20F3N3O4/c1-15-7-9-17(10-8-15)24(34)35-21-6-4-3-5-20(21)16(2)30-31-23(33)22(32)29-19-13-11-18(12-14-19)25(26,27)28/h3-14H,1-2H3,(H,29,32)(H,31,33). The fourth-order valence-electron chi connectivity index (χ4n) is 2.88. The number of aryl methyl sites for hydroxylation is 1. The number of esters is 1. The molecule has 0 atom stereocenters. The Morgan fingerprint density at radius 2 is 1.49 bits per heavy atom. The highest BCUT2D eigenvalue weighted by molar-refractivity contribution is 6.39. The van der Waals surface area contributed by atoms with Crippen molar-refractivity contribution in [1.82, 2.24) is 5.43 Å². The first-order valence-corrected chi connectivity index (χ1v) is 10.3. The van der Waals surface area contributed by atoms with Gasteiger partial charge in [0.15, 0.2) is 0 Å². The molecule has 2 N–H and O–H groups in total. The number of benzene rings is 3. The van der Waals surface area contributed by atoms with E-state index >= 15 is 0 Å². The smallest absolute Gasteiger partial charge is 0.416 e. The number of alkyl halides is 3. The van der Waals surface area contributed by atoms with Gasteiger partial charge in [0.1, 0.15) is 5.75 Å². The maximum atomic E-state index is 12.6. The number of hydrogen-bond donors (Lipinski definition) is 2. The molecule has 0 unspecified atom stereocenters. The van der Waals surface area contributed by atoms with E-state index in [0.29, 0.717) is 11.1 Å². The quantitative estimate of drug-likeness (QED) is 0.181. The third kappa shape index (κ3) is 6.76. The number of hydrogen-bond acceptors (Lipinski definition) is 5. The van der Waals surface area contributed by atoms with Gasteiger partial charge in [0, 0.05) is 11.3 Å². The molecule has 35 heavy (non-hydrogen) atoms. The summed E-state index contributed by atoms with van der Waals surface area (Å²) in [5.74, 6) is -2.65. The molecule has 0 fully saturated rings. The second-order valence-electron chi connectivity index (χ2n) is 7.42. The number of carbonyl (C=O) groups is 3. The van der Waals surface area contributed by atoms with Crippen LogP contribution >= 0.6 is 0 Å². The lowest BCUT2D eigenvalue weighted by Crippen LogP contribution is -2.33. The monoisotopic (exact) mass is 483 g/mol. The van der Waals surface area contributed by atoms with Gasteiger partial charge in [-0.2, -0.15) is 18.3 Å². The summed E-state index contributed by atoms with van der Waals surface area (Å²) >= 11 is 0. The van der Waals surface area contributed by atoms with Gasteiger partial charge in [-0.3, -0.25) is 9.59 Å². The van der Waals surface area contributed by atoms with Gasteiger partial charge < -0.3 is 10.1 Å². The largest absolute Gasteiger partial charge is 0.422 e. The minimum absolute atomic E-state index is 0.00668. The molecule has 10 heteroatoms. The molecule has 0 aliphatic carbocycles. The number of nitrogens with one attached hydrogen (secondary N) is 2. The number of amides is 2. The lowest BCUT2D eigenvalue weighted by Gasteiger charge is -2.10. The maximum Gasteiger partial charge on any atom is 0.416 e. The molecule has 3 aromatic rings. The lowest BCUT2D eigenvalue weighted by molar-refractivity contribution is -0.137. The summed E-state index contributed by atoms with van der Waals surface area (Å²) < 4.78 is 43.4. The van der Waals surface area contributed by atoms with E-state index < -0.39 is 29.5 Å². The molecule has 0 saturated heterocycles. The first-order valence-electron chi connectivity index (χ1n) is 10.3. The van der Waals surface area contributed by atoms with E-state index in [9.17, 15) is 27.6 Å². The molecule has 3 aromatic carbocycles. The van der Waals surface area contributed by atoms with E-state index in [1.165, 1.54) is 6.92 Å². The molecule has 180 valence electrons. The van der Waals surface area contributed by atoms with Crippen molar-refractivity contribution in [2.45, 2.75) is 20.0 Å². The van der Waals surface area contributed by atoms with Crippen LogP contribution in [0.25, 0.3) is 0 Å². The third-order valence-electron chi connectivity index (χ3n) is 4.77. The van der Waals surface area contributed by atoms with Gasteiger partial charge in [-0.25, -0.2) is 10.2 Å². The molecule has 0 aromatic heterocycles. The van der Waals surface area contributed by atoms with Crippen molar-refractivity contribution in [3.05, 3.63) is 95.1 Å². The number of carbonyl (C=O) groups excluding carboxylic acids is 3. The fourth-order valence-corrected chi connectivity index (χ4v) is 2.88. The average Bonchev–Trinajstić information content (AvgIpc) is 2.82. The van der Waals surface area contributed by atoms with Gasteiger partial charge in [-0.1, -0.05) is 29.8 Å². The zero-order valence-corrected chi connectivity index (χ0v) is 18.6. The molecule has 0 aliphatic rings. The molecular formula is C25H20F3N3O4. The zero-order valence-electron chi connectivity index (χ0n) is 18.6. The van der Waals surface area contributed by atoms with Gasteiger partial charge in [-0.15, -0.1) is 0 Å². The summed E-state index contributed by atoms with van der Waals surface area (Å²) in [6.45, 7) is 3.43. The molecule has 0 aliphatic heterocycles. The van der Waals surface area contributed by atoms with E-state index in [2.05, 4.69) is 15.8 Å². The molecule has 0 saturated carbocycles. The second-order valence-corrected chi connectivity index (χ2v) is 7.42. The number of nitrogens with zero attached hydrogens (tertiary/aromatic N) is 1. The van der Waals surface area contributed by atoms with Crippen LogP contribution in [0.15, 0.2) is 77.9 Å². The van der Waals surface area contributed by atoms with Crippen LogP contribution in [0.1, 0.15) is 34.0 Å². The second kappa shape index (κ2) is 10.6. The molecule has 0 heterocycles. The molecule has 3 rings (SSSR count). The van der Waals surface area contributed by atoms with E-state index in [0.717, 1.165) is 29.8 Å². The van der Waals surface area contributed by atoms with Crippen molar-refractivity contribution >= 4 is 29.2 Å². The average molecular weight is 483 g/mol. The summed E-state index contributed by atoms with van der Waals surface area (Å²) in [4.78, 5) is 36.6. The Hall–Kier alpha value is -4.47. The van der Waals surface area contributed by atoms with Crippen molar-refractivity contribution < 1.29 is 32.3 Å². The van der Waals surface area contributed by atoms with Gasteiger partial charge in [0.25, 0.3) is 0 Å². The highest BCUT2D eigenvalue weighted by Crippen LogP contribution is 2.29. The zero-order chi connectivity index (χ0) is 25.6. The number of rotatable bonds is 5. The highest BCUT2D eigenvalue weighted by atomic mass is 19.4. The van der Waals surface area contributed by atoms with E-state index in [-0.39, 0.29) is 17.1 Å². The van der Waals surface area contributed by atoms with Crippen molar-refractivity contribution in [1.29, 1.82) is 0 Å². The predicted octanol–water partition coefficient (Wildman–Crippen LogP) is 4.71. The van der Waals surface area contributed by atoms with Crippen molar-refractivity contribution in [3.63, 3.8) is 0 Å². The Morgan fingerprint density at radius 3 is 2.11 bits per heavy atom. The minimum Gasteiger partial charge on any atom is -0.422 e. The Labute approximate surface area is 198 Å². The third-order valence-corrected chi connectivity index (χ3v) is 4.77. The molecule has 2 amide bonds. The first kappa shape index (κ1) is 25.2. The Kier molecular flexibility index (Phi) is 7.65. The topological polar surface area (TPSA) is 96.9 Å². The van der Waals surface area contributed by atoms with Crippen LogP contribution in [0.5, 0.6) is 5.75 Å². The predicted molar refractivity (Wildman–Crippen MR) is 123 cm³/mol. The van der Waals surface area contributed by atoms with Crippen LogP contribution in [-0.4, -0.2) is 23.5 Å². The number of hydrazone groups is 1. The van der Waals surface area contributed by atoms with Crippen molar-refractivity contribution in [3.8, 4) is 5.75 Å². The summed E-state index contributed by atoms with van der Waals surface area (Å²) in [6, 6.07) is 17.0. The van der Waals surface area contributed by atoms with Crippen LogP contribution in [0.4, 0.5) is 18.9 Å². The van der Waals surface area contributed by atoms with Gasteiger partial charge in [0.2, 0.25) is 0 Å². The van der Waals surface area contributed by atoms with Gasteiger partial charge in [0.05, 0.1) is 16.8 Å².